The van der Waals surface area contributed by atoms with E-state index in [1.807, 2.05) is 0 Å². The summed E-state index contributed by atoms with van der Waals surface area (Å²) >= 11 is 0. The van der Waals surface area contributed by atoms with Crippen molar-refractivity contribution in [2.75, 3.05) is 14.1 Å². The number of hydrogen-bond acceptors (Lipinski definition) is 3. The Morgan fingerprint density at radius 3 is 3.00 bits per heavy atom. The van der Waals surface area contributed by atoms with Crippen LogP contribution in [-0.2, 0) is 0 Å². The topological polar surface area (TPSA) is 81.6 Å². The van der Waals surface area contributed by atoms with Crippen molar-refractivity contribution in [3.05, 3.63) is 12.0 Å². The molecule has 1 aromatic heterocycles. The van der Waals surface area contributed by atoms with Crippen LogP contribution in [0, 0.1) is 0 Å². The summed E-state index contributed by atoms with van der Waals surface area (Å²) in [7, 11) is 3.58. The third kappa shape index (κ3) is 2.29. The molecular formula is C7H10N4O2. The predicted octanol–water partition coefficient (Wildman–Crippen LogP) is 0.329. The van der Waals surface area contributed by atoms with Gasteiger partial charge in [0.2, 0.25) is 0 Å². The molecule has 2 N–H and O–H groups in total. The van der Waals surface area contributed by atoms with Gasteiger partial charge in [-0.3, -0.25) is 0 Å². The molecule has 0 aromatic carbocycles. The van der Waals surface area contributed by atoms with Crippen LogP contribution in [0.1, 0.15) is 10.5 Å². The fourth-order valence-corrected chi connectivity index (χ4v) is 0.712. The molecule has 0 aliphatic heterocycles. The molecule has 0 amide bonds. The molecule has 0 saturated carbocycles. The summed E-state index contributed by atoms with van der Waals surface area (Å²) in [6.45, 7) is 0. The number of aromatic nitrogens is 2. The molecule has 1 aromatic rings. The van der Waals surface area contributed by atoms with Crippen molar-refractivity contribution >= 4 is 18.1 Å². The van der Waals surface area contributed by atoms with Crippen molar-refractivity contribution in [1.29, 1.82) is 0 Å². The molecule has 13 heavy (non-hydrogen) atoms. The molecule has 6 heteroatoms. The van der Waals surface area contributed by atoms with Gasteiger partial charge in [-0.05, 0) is 0 Å². The third-order valence-electron chi connectivity index (χ3n) is 1.24. The first kappa shape index (κ1) is 9.24. The van der Waals surface area contributed by atoms with E-state index in [4.69, 9.17) is 5.11 Å². The lowest BCUT2D eigenvalue weighted by Crippen LogP contribution is -2.07. The first-order valence-electron chi connectivity index (χ1n) is 3.58. The second-order valence-corrected chi connectivity index (χ2v) is 2.61. The smallest absolute Gasteiger partial charge is 0.356 e. The largest absolute Gasteiger partial charge is 0.476 e. The lowest BCUT2D eigenvalue weighted by Gasteiger charge is -2.00. The summed E-state index contributed by atoms with van der Waals surface area (Å²) in [5.41, 5.74) is -0.00176. The molecule has 0 bridgehead atoms. The minimum atomic E-state index is -1.07. The van der Waals surface area contributed by atoms with E-state index in [-0.39, 0.29) is 11.5 Å². The minimum absolute atomic E-state index is 0.00176. The highest BCUT2D eigenvalue weighted by molar-refractivity contribution is 5.90. The van der Waals surface area contributed by atoms with Gasteiger partial charge in [-0.15, -0.1) is 0 Å². The maximum Gasteiger partial charge on any atom is 0.356 e. The Bertz CT molecular complexity index is 329. The standard InChI is InChI=1S/C7H10N4O2/c1-11(2)4-10-6-5(7(12)13)8-3-9-6/h3-4H,1-2H3,(H,8,9)(H,12,13). The zero-order valence-electron chi connectivity index (χ0n) is 7.35. The Kier molecular flexibility index (Phi) is 2.63. The van der Waals surface area contributed by atoms with Crippen molar-refractivity contribution < 1.29 is 9.90 Å². The van der Waals surface area contributed by atoms with Gasteiger partial charge in [-0.2, -0.15) is 0 Å². The molecule has 0 aliphatic carbocycles. The average Bonchev–Trinajstić information content (AvgIpc) is 2.47. The first-order chi connectivity index (χ1) is 6.11. The van der Waals surface area contributed by atoms with E-state index in [2.05, 4.69) is 15.0 Å². The third-order valence-corrected chi connectivity index (χ3v) is 1.24. The number of nitrogens with one attached hydrogen (secondary N) is 1. The summed E-state index contributed by atoms with van der Waals surface area (Å²) in [5.74, 6) is -0.885. The van der Waals surface area contributed by atoms with E-state index >= 15 is 0 Å². The van der Waals surface area contributed by atoms with Crippen LogP contribution in [0.5, 0.6) is 0 Å². The molecule has 6 nitrogen and oxygen atoms in total. The van der Waals surface area contributed by atoms with Crippen LogP contribution < -0.4 is 0 Å². The Morgan fingerprint density at radius 1 is 1.77 bits per heavy atom. The van der Waals surface area contributed by atoms with Gasteiger partial charge in [0.1, 0.15) is 0 Å². The monoisotopic (exact) mass is 182 g/mol. The molecule has 1 heterocycles. The zero-order chi connectivity index (χ0) is 9.84. The van der Waals surface area contributed by atoms with Crippen molar-refractivity contribution in [1.82, 2.24) is 14.9 Å². The van der Waals surface area contributed by atoms with Crippen LogP contribution in [0.3, 0.4) is 0 Å². The summed E-state index contributed by atoms with van der Waals surface area (Å²) in [4.78, 5) is 22.4. The van der Waals surface area contributed by atoms with E-state index in [0.717, 1.165) is 0 Å². The van der Waals surface area contributed by atoms with E-state index in [9.17, 15) is 4.79 Å². The van der Waals surface area contributed by atoms with Crippen molar-refractivity contribution in [2.45, 2.75) is 0 Å². The fourth-order valence-electron chi connectivity index (χ4n) is 0.712. The maximum absolute atomic E-state index is 10.6. The number of carboxylic acids is 1. The molecule has 0 atom stereocenters. The highest BCUT2D eigenvalue weighted by atomic mass is 16.4. The van der Waals surface area contributed by atoms with Gasteiger partial charge in [0.15, 0.2) is 11.5 Å². The van der Waals surface area contributed by atoms with E-state index < -0.39 is 5.97 Å². The summed E-state index contributed by atoms with van der Waals surface area (Å²) in [5, 5.41) is 8.66. The van der Waals surface area contributed by atoms with Crippen LogP contribution in [0.15, 0.2) is 11.3 Å². The van der Waals surface area contributed by atoms with Gasteiger partial charge >= 0.3 is 5.97 Å². The van der Waals surface area contributed by atoms with Gasteiger partial charge in [0.25, 0.3) is 0 Å². The van der Waals surface area contributed by atoms with Gasteiger partial charge in [0.05, 0.1) is 12.7 Å². The Balaban J connectivity index is 2.88. The molecule has 0 saturated heterocycles. The average molecular weight is 182 g/mol. The predicted molar refractivity (Wildman–Crippen MR) is 47.4 cm³/mol. The Morgan fingerprint density at radius 2 is 2.46 bits per heavy atom. The molecule has 0 aliphatic rings. The number of carbonyl (C=O) groups is 1. The summed E-state index contributed by atoms with van der Waals surface area (Å²) < 4.78 is 0. The molecule has 1 rings (SSSR count). The first-order valence-corrected chi connectivity index (χ1v) is 3.58. The van der Waals surface area contributed by atoms with Gasteiger partial charge in [-0.25, -0.2) is 14.8 Å². The number of aromatic carboxylic acids is 1. The van der Waals surface area contributed by atoms with Crippen LogP contribution in [0.2, 0.25) is 0 Å². The molecule has 0 fully saturated rings. The maximum atomic E-state index is 10.6. The quantitative estimate of drug-likeness (QED) is 0.521. The van der Waals surface area contributed by atoms with Gasteiger partial charge in [0, 0.05) is 14.1 Å². The van der Waals surface area contributed by atoms with Crippen LogP contribution in [-0.4, -0.2) is 46.4 Å². The Labute approximate surface area is 74.9 Å². The summed E-state index contributed by atoms with van der Waals surface area (Å²) in [6.07, 6.45) is 2.79. The molecular weight excluding hydrogens is 172 g/mol. The number of hydrogen-bond donors (Lipinski definition) is 2. The van der Waals surface area contributed by atoms with Crippen LogP contribution in [0.25, 0.3) is 0 Å². The van der Waals surface area contributed by atoms with E-state index in [0.29, 0.717) is 0 Å². The number of imidazole rings is 1. The van der Waals surface area contributed by atoms with Crippen LogP contribution in [0.4, 0.5) is 5.82 Å². The second kappa shape index (κ2) is 3.70. The minimum Gasteiger partial charge on any atom is -0.476 e. The van der Waals surface area contributed by atoms with E-state index in [1.165, 1.54) is 12.7 Å². The van der Waals surface area contributed by atoms with Crippen molar-refractivity contribution in [2.24, 2.45) is 4.99 Å². The number of carboxylic acid groups (broad SMARTS) is 1. The number of H-pyrrole nitrogens is 1. The van der Waals surface area contributed by atoms with Crippen molar-refractivity contribution in [3.8, 4) is 0 Å². The zero-order valence-corrected chi connectivity index (χ0v) is 7.35. The fraction of sp³-hybridized carbons (Fsp3) is 0.286. The molecule has 0 spiro atoms. The van der Waals surface area contributed by atoms with E-state index in [1.54, 1.807) is 19.0 Å². The summed E-state index contributed by atoms with van der Waals surface area (Å²) in [6, 6.07) is 0. The SMILES string of the molecule is CN(C)C=Nc1nc[nH]c1C(=O)O. The molecule has 0 unspecified atom stereocenters. The number of aliphatic imine (C=N–C) groups is 1. The number of rotatable bonds is 3. The highest BCUT2D eigenvalue weighted by Gasteiger charge is 2.10. The number of aromatic amines is 1. The van der Waals surface area contributed by atoms with Gasteiger partial charge < -0.3 is 15.0 Å². The molecule has 70 valence electrons. The lowest BCUT2D eigenvalue weighted by atomic mass is 10.4. The highest BCUT2D eigenvalue weighted by Crippen LogP contribution is 2.12. The normalized spacial score (nSPS) is 10.6. The number of nitrogens with zero attached hydrogens (tertiary/aromatic N) is 3. The van der Waals surface area contributed by atoms with Gasteiger partial charge in [-0.1, -0.05) is 0 Å². The van der Waals surface area contributed by atoms with Crippen molar-refractivity contribution in [3.63, 3.8) is 0 Å². The Hall–Kier alpha value is -1.85. The lowest BCUT2D eigenvalue weighted by molar-refractivity contribution is 0.0692. The molecule has 0 radical (unpaired) electrons. The van der Waals surface area contributed by atoms with Crippen LogP contribution >= 0.6 is 0 Å². The second-order valence-electron chi connectivity index (χ2n) is 2.61.